The summed E-state index contributed by atoms with van der Waals surface area (Å²) in [5.74, 6) is 2.02. The molecule has 0 aliphatic carbocycles. The van der Waals surface area contributed by atoms with Gasteiger partial charge in [0.2, 0.25) is 0 Å². The lowest BCUT2D eigenvalue weighted by atomic mass is 10.4. The monoisotopic (exact) mass is 260 g/mol. The van der Waals surface area contributed by atoms with Crippen LogP contribution in [0.15, 0.2) is 22.8 Å². The minimum Gasteiger partial charge on any atom is -0.367 e. The van der Waals surface area contributed by atoms with E-state index < -0.39 is 0 Å². The predicted octanol–water partition coefficient (Wildman–Crippen LogP) is 3.01. The second-order valence-corrected chi connectivity index (χ2v) is 4.57. The zero-order valence-electron chi connectivity index (χ0n) is 7.75. The Morgan fingerprint density at radius 2 is 2.38 bits per heavy atom. The average molecular weight is 261 g/mol. The highest BCUT2D eigenvalue weighted by Crippen LogP contribution is 2.11. The van der Waals surface area contributed by atoms with E-state index in [9.17, 15) is 0 Å². The van der Waals surface area contributed by atoms with Gasteiger partial charge in [-0.3, -0.25) is 0 Å². The summed E-state index contributed by atoms with van der Waals surface area (Å²) in [5.41, 5.74) is 0. The van der Waals surface area contributed by atoms with Gasteiger partial charge >= 0.3 is 0 Å². The van der Waals surface area contributed by atoms with Crippen LogP contribution in [0, 0.1) is 0 Å². The molecule has 0 saturated heterocycles. The molecule has 2 nitrogen and oxygen atoms in total. The molecule has 1 N–H and O–H groups in total. The molecular formula is C9H13BrN2S. The van der Waals surface area contributed by atoms with Gasteiger partial charge in [0, 0.05) is 11.8 Å². The van der Waals surface area contributed by atoms with Crippen LogP contribution in [0.2, 0.25) is 0 Å². The fourth-order valence-electron chi connectivity index (χ4n) is 1.03. The molecule has 4 heteroatoms. The number of nitrogens with zero attached hydrogens (tertiary/aromatic N) is 1. The molecule has 0 aliphatic rings. The molecule has 1 rings (SSSR count). The van der Waals surface area contributed by atoms with Gasteiger partial charge in [0.15, 0.2) is 0 Å². The van der Waals surface area contributed by atoms with Crippen molar-refractivity contribution in [3.8, 4) is 0 Å². The molecule has 72 valence electrons. The van der Waals surface area contributed by atoms with Crippen molar-refractivity contribution in [3.63, 3.8) is 0 Å². The molecular weight excluding hydrogens is 248 g/mol. The Hall–Kier alpha value is -0.220. The van der Waals surface area contributed by atoms with E-state index in [2.05, 4.69) is 39.4 Å². The summed E-state index contributed by atoms with van der Waals surface area (Å²) in [4.78, 5) is 4.29. The molecule has 0 fully saturated rings. The van der Waals surface area contributed by atoms with Gasteiger partial charge in [-0.05, 0) is 41.2 Å². The van der Waals surface area contributed by atoms with E-state index in [1.54, 1.807) is 0 Å². The van der Waals surface area contributed by atoms with E-state index in [4.69, 9.17) is 0 Å². The van der Waals surface area contributed by atoms with Crippen LogP contribution in [0.25, 0.3) is 0 Å². The van der Waals surface area contributed by atoms with Crippen LogP contribution in [0.4, 0.5) is 5.82 Å². The van der Waals surface area contributed by atoms with Crippen LogP contribution in [0.1, 0.15) is 6.92 Å². The van der Waals surface area contributed by atoms with E-state index in [0.717, 1.165) is 16.2 Å². The van der Waals surface area contributed by atoms with E-state index >= 15 is 0 Å². The number of nitrogens with one attached hydrogen (secondary N) is 1. The number of hydrogen-bond acceptors (Lipinski definition) is 3. The Morgan fingerprint density at radius 1 is 1.62 bits per heavy atom. The summed E-state index contributed by atoms with van der Waals surface area (Å²) in [5, 5.41) is 3.32. The molecule has 0 radical (unpaired) electrons. The third kappa shape index (κ3) is 4.00. The molecule has 0 amide bonds. The first-order chi connectivity index (χ1) is 6.22. The van der Waals surface area contributed by atoms with Crippen molar-refractivity contribution in [2.24, 2.45) is 0 Å². The summed E-state index contributed by atoms with van der Waals surface area (Å²) in [6.07, 6.45) is 2.10. The van der Waals surface area contributed by atoms with Crippen molar-refractivity contribution >= 4 is 33.5 Å². The third-order valence-electron chi connectivity index (χ3n) is 1.53. The van der Waals surface area contributed by atoms with Gasteiger partial charge < -0.3 is 5.32 Å². The Labute approximate surface area is 91.7 Å². The zero-order valence-corrected chi connectivity index (χ0v) is 10.2. The molecule has 0 bridgehead atoms. The van der Waals surface area contributed by atoms with Crippen LogP contribution < -0.4 is 5.32 Å². The van der Waals surface area contributed by atoms with Gasteiger partial charge in [-0.2, -0.15) is 11.8 Å². The molecule has 1 unspecified atom stereocenters. The largest absolute Gasteiger partial charge is 0.367 e. The van der Waals surface area contributed by atoms with Crippen molar-refractivity contribution in [2.45, 2.75) is 13.0 Å². The fraction of sp³-hybridized carbons (Fsp3) is 0.444. The molecule has 1 aromatic rings. The van der Waals surface area contributed by atoms with E-state index in [-0.39, 0.29) is 0 Å². The maximum absolute atomic E-state index is 4.29. The Morgan fingerprint density at radius 3 is 3.00 bits per heavy atom. The van der Waals surface area contributed by atoms with Crippen LogP contribution in [-0.2, 0) is 0 Å². The SMILES string of the molecule is CSCC(C)Nc1cccc(Br)n1. The number of hydrogen-bond donors (Lipinski definition) is 1. The Balaban J connectivity index is 2.53. The van der Waals surface area contributed by atoms with Gasteiger partial charge in [0.1, 0.15) is 10.4 Å². The van der Waals surface area contributed by atoms with Crippen LogP contribution in [-0.4, -0.2) is 23.0 Å². The predicted molar refractivity (Wildman–Crippen MR) is 63.4 cm³/mol. The maximum Gasteiger partial charge on any atom is 0.127 e. The van der Waals surface area contributed by atoms with E-state index in [1.165, 1.54) is 0 Å². The standard InChI is InChI=1S/C9H13BrN2S/c1-7(6-13-2)11-9-5-3-4-8(10)12-9/h3-5,7H,6H2,1-2H3,(H,11,12). The molecule has 13 heavy (non-hydrogen) atoms. The fourth-order valence-corrected chi connectivity index (χ4v) is 1.96. The lowest BCUT2D eigenvalue weighted by Gasteiger charge is -2.12. The average Bonchev–Trinajstić information content (AvgIpc) is 2.04. The van der Waals surface area contributed by atoms with Crippen LogP contribution in [0.3, 0.4) is 0 Å². The minimum atomic E-state index is 0.455. The highest BCUT2D eigenvalue weighted by Gasteiger charge is 2.01. The molecule has 0 spiro atoms. The summed E-state index contributed by atoms with van der Waals surface area (Å²) in [6, 6.07) is 6.33. The van der Waals surface area contributed by atoms with Crippen molar-refractivity contribution in [1.29, 1.82) is 0 Å². The molecule has 1 heterocycles. The highest BCUT2D eigenvalue weighted by molar-refractivity contribution is 9.10. The van der Waals surface area contributed by atoms with Crippen molar-refractivity contribution < 1.29 is 0 Å². The van der Waals surface area contributed by atoms with Gasteiger partial charge in [-0.15, -0.1) is 0 Å². The summed E-state index contributed by atoms with van der Waals surface area (Å²) in [6.45, 7) is 2.15. The van der Waals surface area contributed by atoms with Gasteiger partial charge in [0.25, 0.3) is 0 Å². The number of thioether (sulfide) groups is 1. The number of anilines is 1. The number of rotatable bonds is 4. The topological polar surface area (TPSA) is 24.9 Å². The maximum atomic E-state index is 4.29. The first-order valence-electron chi connectivity index (χ1n) is 4.10. The summed E-state index contributed by atoms with van der Waals surface area (Å²) >= 11 is 5.17. The third-order valence-corrected chi connectivity index (χ3v) is 2.80. The highest BCUT2D eigenvalue weighted by atomic mass is 79.9. The molecule has 0 aliphatic heterocycles. The minimum absolute atomic E-state index is 0.455. The quantitative estimate of drug-likeness (QED) is 0.843. The van der Waals surface area contributed by atoms with Gasteiger partial charge in [0.05, 0.1) is 0 Å². The van der Waals surface area contributed by atoms with Gasteiger partial charge in [-0.1, -0.05) is 6.07 Å². The van der Waals surface area contributed by atoms with Gasteiger partial charge in [-0.25, -0.2) is 4.98 Å². The van der Waals surface area contributed by atoms with Crippen molar-refractivity contribution in [2.75, 3.05) is 17.3 Å². The second kappa shape index (κ2) is 5.50. The van der Waals surface area contributed by atoms with Crippen molar-refractivity contribution in [3.05, 3.63) is 22.8 Å². The zero-order chi connectivity index (χ0) is 9.68. The van der Waals surface area contributed by atoms with E-state index in [0.29, 0.717) is 6.04 Å². The summed E-state index contributed by atoms with van der Waals surface area (Å²) in [7, 11) is 0. The number of halogens is 1. The number of pyridine rings is 1. The smallest absolute Gasteiger partial charge is 0.127 e. The Bertz CT molecular complexity index is 268. The van der Waals surface area contributed by atoms with E-state index in [1.807, 2.05) is 30.0 Å². The lowest BCUT2D eigenvalue weighted by molar-refractivity contribution is 0.902. The second-order valence-electron chi connectivity index (χ2n) is 2.85. The Kier molecular flexibility index (Phi) is 4.59. The van der Waals surface area contributed by atoms with Crippen molar-refractivity contribution in [1.82, 2.24) is 4.98 Å². The molecule has 0 aromatic carbocycles. The van der Waals surface area contributed by atoms with Crippen LogP contribution in [0.5, 0.6) is 0 Å². The molecule has 1 aromatic heterocycles. The molecule has 1 atom stereocenters. The lowest BCUT2D eigenvalue weighted by Crippen LogP contribution is -2.18. The molecule has 0 saturated carbocycles. The summed E-state index contributed by atoms with van der Waals surface area (Å²) < 4.78 is 0.869. The first kappa shape index (κ1) is 10.9. The van der Waals surface area contributed by atoms with Crippen LogP contribution >= 0.6 is 27.7 Å². The first-order valence-corrected chi connectivity index (χ1v) is 6.29. The normalized spacial score (nSPS) is 12.5. The number of aromatic nitrogens is 1.